The van der Waals surface area contributed by atoms with E-state index in [1.165, 1.54) is 0 Å². The summed E-state index contributed by atoms with van der Waals surface area (Å²) in [5.74, 6) is 0. The van der Waals surface area contributed by atoms with Crippen molar-refractivity contribution in [1.29, 1.82) is 0 Å². The molecule has 0 heterocycles. The summed E-state index contributed by atoms with van der Waals surface area (Å²) in [7, 11) is 0. The lowest BCUT2D eigenvalue weighted by molar-refractivity contribution is 0.160. The maximum atomic E-state index is 13.0. The van der Waals surface area contributed by atoms with Gasteiger partial charge in [-0.1, -0.05) is 294 Å². The standard InChI is InChI=1S/C7I15O/c8-1(5(15,16)17,6(18,19)20)2(9,10)3(11,12)4(13,14)7(21,22)23. The van der Waals surface area contributed by atoms with Crippen molar-refractivity contribution in [3.05, 3.63) is 0 Å². The third-order valence-electron chi connectivity index (χ3n) is 2.37. The van der Waals surface area contributed by atoms with Gasteiger partial charge in [0.25, 0.3) is 0 Å². The first kappa shape index (κ1) is 33.9. The minimum Gasteiger partial charge on any atom is -0.204 e. The van der Waals surface area contributed by atoms with Crippen LogP contribution in [0.4, 0.5) is 0 Å². The predicted molar refractivity (Wildman–Crippen MR) is 230 cm³/mol. The molecule has 0 aromatic carbocycles. The molecule has 23 heavy (non-hydrogen) atoms. The summed E-state index contributed by atoms with van der Waals surface area (Å²) in [6.45, 7) is 0. The van der Waals surface area contributed by atoms with E-state index in [4.69, 9.17) is 0 Å². The molecule has 1 nitrogen and oxygen atoms in total. The van der Waals surface area contributed by atoms with E-state index in [0.717, 1.165) is 0 Å². The van der Waals surface area contributed by atoms with Gasteiger partial charge in [-0.15, -0.1) is 0 Å². The van der Waals surface area contributed by atoms with E-state index in [0.29, 0.717) is 0 Å². The van der Waals surface area contributed by atoms with E-state index in [1.807, 2.05) is 45.2 Å². The third-order valence-corrected chi connectivity index (χ3v) is 41.5. The zero-order chi connectivity index (χ0) is 19.5. The fourth-order valence-electron chi connectivity index (χ4n) is 1.11. The minimum absolute atomic E-state index is 0.0418. The van der Waals surface area contributed by atoms with Crippen LogP contribution in [0.3, 0.4) is 0 Å². The number of hydrogen-bond acceptors (Lipinski definition) is 0. The Labute approximate surface area is 341 Å². The maximum Gasteiger partial charge on any atom is 0.229 e. The van der Waals surface area contributed by atoms with Gasteiger partial charge in [0.05, 0.1) is 0 Å². The zero-order valence-corrected chi connectivity index (χ0v) is 41.9. The van der Waals surface area contributed by atoms with Crippen molar-refractivity contribution < 1.29 is 5.11 Å². The van der Waals surface area contributed by atoms with Gasteiger partial charge in [-0.3, -0.25) is 0 Å². The van der Waals surface area contributed by atoms with Crippen molar-refractivity contribution in [2.24, 2.45) is 0 Å². The lowest BCUT2D eigenvalue weighted by Crippen LogP contribution is -2.68. The number of alkyl halides is 15. The summed E-state index contributed by atoms with van der Waals surface area (Å²) in [6, 6.07) is 0. The minimum atomic E-state index is -1.12. The molecule has 0 amide bonds. The molecule has 0 atom stereocenters. The molecule has 0 unspecified atom stereocenters. The van der Waals surface area contributed by atoms with Crippen molar-refractivity contribution in [2.45, 2.75) is 8.19 Å². The van der Waals surface area contributed by atoms with Crippen LogP contribution in [-0.4, -0.2) is 8.19 Å². The smallest absolute Gasteiger partial charge is 0.204 e. The second kappa shape index (κ2) is 12.0. The Kier molecular flexibility index (Phi) is 17.6. The van der Waals surface area contributed by atoms with Crippen molar-refractivity contribution in [3.63, 3.8) is 0 Å². The summed E-state index contributed by atoms with van der Waals surface area (Å²) in [5.41, 5.74) is 0. The SMILES string of the molecule is [O]C(I)(I)C(I)(I)C(I)(I)C(I)(I)C(I)(C(I)(I)I)C(I)(I)I. The molecule has 0 saturated heterocycles. The summed E-state index contributed by atoms with van der Waals surface area (Å²) >= 11 is 36.9. The van der Waals surface area contributed by atoms with Gasteiger partial charge < -0.3 is 0 Å². The highest BCUT2D eigenvalue weighted by Crippen LogP contribution is 2.78. The molecule has 0 aromatic rings. The molecule has 0 saturated carbocycles. The Morgan fingerprint density at radius 3 is 0.826 bits per heavy atom. The quantitative estimate of drug-likeness (QED) is 0.187. The molecule has 16 heteroatoms. The molecule has 0 fully saturated rings. The topological polar surface area (TPSA) is 19.9 Å². The van der Waals surface area contributed by atoms with Crippen molar-refractivity contribution in [2.75, 3.05) is 0 Å². The summed E-state index contributed by atoms with van der Waals surface area (Å²) < 4.78 is -2.35. The lowest BCUT2D eigenvalue weighted by atomic mass is 10.1. The molecule has 0 aliphatic heterocycles. The second-order valence-electron chi connectivity index (χ2n) is 3.89. The monoisotopic (exact) mass is 2000 g/mol. The highest BCUT2D eigenvalue weighted by atomic mass is 127. The van der Waals surface area contributed by atoms with Gasteiger partial charge in [-0.25, -0.2) is 5.11 Å². The van der Waals surface area contributed by atoms with Gasteiger partial charge in [-0.05, 0) is 45.2 Å². The largest absolute Gasteiger partial charge is 0.229 e. The van der Waals surface area contributed by atoms with Crippen LogP contribution >= 0.6 is 339 Å². The van der Waals surface area contributed by atoms with E-state index in [-0.39, 0.29) is 5.15 Å². The molecule has 0 bridgehead atoms. The Bertz CT molecular complexity index is 422. The van der Waals surface area contributed by atoms with Crippen molar-refractivity contribution in [1.82, 2.24) is 0 Å². The first-order valence-electron chi connectivity index (χ1n) is 4.54. The summed E-state index contributed by atoms with van der Waals surface area (Å²) in [5, 5.41) is 13.0. The fraction of sp³-hybridized carbons (Fsp3) is 1.00. The number of hydrogen-bond donors (Lipinski definition) is 0. The molecule has 0 spiro atoms. The summed E-state index contributed by atoms with van der Waals surface area (Å²) in [4.78, 5) is 0. The van der Waals surface area contributed by atoms with Crippen molar-refractivity contribution >= 4 is 339 Å². The van der Waals surface area contributed by atoms with Crippen LogP contribution in [0.15, 0.2) is 0 Å². The molecule has 139 valence electrons. The Morgan fingerprint density at radius 2 is 0.652 bits per heavy atom. The Balaban J connectivity index is 6.65. The first-order chi connectivity index (χ1) is 9.50. The predicted octanol–water partition coefficient (Wildman–Crippen LogP) is 11.7. The van der Waals surface area contributed by atoms with Crippen LogP contribution in [-0.2, 0) is 5.11 Å². The number of halogens is 15. The van der Waals surface area contributed by atoms with E-state index < -0.39 is 3.04 Å². The molecule has 0 aromatic heterocycles. The number of rotatable bonds is 6. The average Bonchev–Trinajstić information content (AvgIpc) is 2.22. The average molecular weight is 2000 g/mol. The van der Waals surface area contributed by atoms with E-state index in [1.54, 1.807) is 0 Å². The van der Waals surface area contributed by atoms with Gasteiger partial charge >= 0.3 is 0 Å². The van der Waals surface area contributed by atoms with Gasteiger partial charge in [-0.2, -0.15) is 0 Å². The van der Waals surface area contributed by atoms with Gasteiger partial charge in [0.1, 0.15) is 6.58 Å². The summed E-state index contributed by atoms with van der Waals surface area (Å²) in [6.07, 6.45) is 0. The van der Waals surface area contributed by atoms with Crippen LogP contribution in [0.25, 0.3) is 0 Å². The van der Waals surface area contributed by atoms with E-state index in [2.05, 4.69) is 294 Å². The van der Waals surface area contributed by atoms with Gasteiger partial charge in [0, 0.05) is 0 Å². The molecule has 0 aliphatic rings. The highest BCUT2D eigenvalue weighted by molar-refractivity contribution is 14.3. The maximum absolute atomic E-state index is 13.0. The van der Waals surface area contributed by atoms with Gasteiger partial charge in [0.15, 0.2) is 0 Å². The molecule has 0 N–H and O–H groups in total. The van der Waals surface area contributed by atoms with Crippen LogP contribution in [0, 0.1) is 0 Å². The second-order valence-corrected chi connectivity index (χ2v) is 48.6. The van der Waals surface area contributed by atoms with Crippen LogP contribution in [0.2, 0.25) is 0 Å². The molecule has 0 aliphatic carbocycles. The third kappa shape index (κ3) is 7.46. The van der Waals surface area contributed by atoms with E-state index >= 15 is 0 Å². The highest BCUT2D eigenvalue weighted by Gasteiger charge is 2.77. The van der Waals surface area contributed by atoms with Crippen LogP contribution < -0.4 is 0 Å². The van der Waals surface area contributed by atoms with Crippen molar-refractivity contribution in [3.8, 4) is 0 Å². The molecular weight excluding hydrogens is 2000 g/mol. The first-order valence-corrected chi connectivity index (χ1v) is 20.7. The zero-order valence-electron chi connectivity index (χ0n) is 9.58. The molecule has 0 rings (SSSR count). The Morgan fingerprint density at radius 1 is 0.391 bits per heavy atom. The Hall–Kier alpha value is 10.9. The lowest BCUT2D eigenvalue weighted by Gasteiger charge is -2.57. The molecular formula is C7I15O. The van der Waals surface area contributed by atoms with E-state index in [9.17, 15) is 5.11 Å². The van der Waals surface area contributed by atoms with Gasteiger partial charge in [0.2, 0.25) is 1.61 Å². The fourth-order valence-corrected chi connectivity index (χ4v) is 28.0. The van der Waals surface area contributed by atoms with Crippen LogP contribution in [0.5, 0.6) is 0 Å². The normalized spacial score (nSPS) is 16.7. The van der Waals surface area contributed by atoms with Crippen LogP contribution in [0.1, 0.15) is 0 Å². The molecule has 1 radical (unpaired) electrons.